The van der Waals surface area contributed by atoms with Crippen molar-refractivity contribution in [2.24, 2.45) is 0 Å². The number of fused-ring (bicyclic) bond motifs is 5. The molecule has 0 saturated heterocycles. The largest absolute Gasteiger partial charge is 0.497 e. The fourth-order valence-electron chi connectivity index (χ4n) is 3.76. The molecule has 1 aromatic heterocycles. The van der Waals surface area contributed by atoms with Gasteiger partial charge in [0, 0.05) is 26.9 Å². The Morgan fingerprint density at radius 1 is 0.769 bits per heavy atom. The van der Waals surface area contributed by atoms with Gasteiger partial charge in [-0.1, -0.05) is 48.0 Å². The minimum absolute atomic E-state index is 0.739. The van der Waals surface area contributed by atoms with Crippen LogP contribution in [0.3, 0.4) is 0 Å². The van der Waals surface area contributed by atoms with Crippen LogP contribution in [0.15, 0.2) is 78.9 Å². The van der Waals surface area contributed by atoms with Gasteiger partial charge in [-0.3, -0.25) is 0 Å². The Hall–Kier alpha value is -2.97. The van der Waals surface area contributed by atoms with Crippen LogP contribution in [-0.4, -0.2) is 11.7 Å². The van der Waals surface area contributed by atoms with E-state index in [9.17, 15) is 0 Å². The van der Waals surface area contributed by atoms with Crippen molar-refractivity contribution < 1.29 is 4.74 Å². The van der Waals surface area contributed by atoms with Crippen LogP contribution in [0.25, 0.3) is 38.3 Å². The van der Waals surface area contributed by atoms with E-state index in [-0.39, 0.29) is 0 Å². The van der Waals surface area contributed by atoms with E-state index in [1.807, 2.05) is 24.3 Å². The number of aromatic nitrogens is 1. The van der Waals surface area contributed by atoms with Crippen molar-refractivity contribution in [3.8, 4) is 11.4 Å². The highest BCUT2D eigenvalue weighted by Gasteiger charge is 2.15. The second kappa shape index (κ2) is 5.79. The number of para-hydroxylation sites is 1. The first-order valence-corrected chi connectivity index (χ1v) is 8.90. The molecule has 0 atom stereocenters. The average Bonchev–Trinajstić information content (AvgIpc) is 3.01. The van der Waals surface area contributed by atoms with Crippen LogP contribution in [-0.2, 0) is 0 Å². The Balaban J connectivity index is 2.03. The first-order valence-electron chi connectivity index (χ1n) is 8.52. The molecule has 0 saturated carbocycles. The molecule has 0 aliphatic rings. The molecule has 126 valence electrons. The molecular weight excluding hydrogens is 342 g/mol. The molecule has 5 rings (SSSR count). The molecule has 0 aliphatic heterocycles. The molecule has 26 heavy (non-hydrogen) atoms. The van der Waals surface area contributed by atoms with Gasteiger partial charge in [0.1, 0.15) is 5.75 Å². The Bertz CT molecular complexity index is 1270. The van der Waals surface area contributed by atoms with Gasteiger partial charge in [0.05, 0.1) is 18.1 Å². The fraction of sp³-hybridized carbons (Fsp3) is 0.0435. The van der Waals surface area contributed by atoms with E-state index in [1.54, 1.807) is 7.11 Å². The summed E-state index contributed by atoms with van der Waals surface area (Å²) in [6.07, 6.45) is 0. The Morgan fingerprint density at radius 3 is 2.35 bits per heavy atom. The first kappa shape index (κ1) is 15.3. The summed E-state index contributed by atoms with van der Waals surface area (Å²) in [6.45, 7) is 0. The maximum Gasteiger partial charge on any atom is 0.119 e. The van der Waals surface area contributed by atoms with E-state index in [4.69, 9.17) is 16.3 Å². The molecule has 4 aromatic carbocycles. The van der Waals surface area contributed by atoms with Gasteiger partial charge in [-0.05, 0) is 47.9 Å². The van der Waals surface area contributed by atoms with Crippen LogP contribution >= 0.6 is 11.6 Å². The van der Waals surface area contributed by atoms with Crippen molar-refractivity contribution in [3.05, 3.63) is 83.9 Å². The summed E-state index contributed by atoms with van der Waals surface area (Å²) in [5.74, 6) is 0.863. The summed E-state index contributed by atoms with van der Waals surface area (Å²) in [5, 5.41) is 5.51. The van der Waals surface area contributed by atoms with Gasteiger partial charge in [0.15, 0.2) is 0 Å². The number of hydrogen-bond acceptors (Lipinski definition) is 1. The van der Waals surface area contributed by atoms with Gasteiger partial charge in [0.25, 0.3) is 0 Å². The van der Waals surface area contributed by atoms with Gasteiger partial charge in [-0.25, -0.2) is 0 Å². The van der Waals surface area contributed by atoms with Crippen molar-refractivity contribution in [3.63, 3.8) is 0 Å². The lowest BCUT2D eigenvalue weighted by atomic mass is 10.1. The molecule has 0 spiro atoms. The van der Waals surface area contributed by atoms with Crippen molar-refractivity contribution in [1.29, 1.82) is 0 Å². The molecule has 0 bridgehead atoms. The minimum Gasteiger partial charge on any atom is -0.497 e. The third-order valence-corrected chi connectivity index (χ3v) is 5.16. The van der Waals surface area contributed by atoms with Gasteiger partial charge in [-0.15, -0.1) is 0 Å². The monoisotopic (exact) mass is 357 g/mol. The summed E-state index contributed by atoms with van der Waals surface area (Å²) >= 11 is 6.33. The highest BCUT2D eigenvalue weighted by molar-refractivity contribution is 6.32. The van der Waals surface area contributed by atoms with Gasteiger partial charge < -0.3 is 9.30 Å². The normalized spacial score (nSPS) is 11.5. The minimum atomic E-state index is 0.739. The summed E-state index contributed by atoms with van der Waals surface area (Å²) in [7, 11) is 1.70. The third-order valence-electron chi connectivity index (χ3n) is 4.93. The van der Waals surface area contributed by atoms with Gasteiger partial charge >= 0.3 is 0 Å². The van der Waals surface area contributed by atoms with E-state index in [2.05, 4.69) is 59.2 Å². The van der Waals surface area contributed by atoms with Gasteiger partial charge in [0.2, 0.25) is 0 Å². The number of rotatable bonds is 2. The lowest BCUT2D eigenvalue weighted by Crippen LogP contribution is -1.94. The van der Waals surface area contributed by atoms with Crippen molar-refractivity contribution in [2.45, 2.75) is 0 Å². The highest BCUT2D eigenvalue weighted by atomic mass is 35.5. The smallest absolute Gasteiger partial charge is 0.119 e. The molecule has 1 heterocycles. The second-order valence-corrected chi connectivity index (χ2v) is 6.82. The molecule has 0 fully saturated rings. The molecule has 0 amide bonds. The molecule has 0 N–H and O–H groups in total. The van der Waals surface area contributed by atoms with E-state index >= 15 is 0 Å². The van der Waals surface area contributed by atoms with Crippen LogP contribution in [0.2, 0.25) is 5.02 Å². The Kier molecular flexibility index (Phi) is 3.41. The predicted molar refractivity (Wildman–Crippen MR) is 110 cm³/mol. The molecule has 0 unspecified atom stereocenters. The zero-order chi connectivity index (χ0) is 17.7. The van der Waals surface area contributed by atoms with Crippen LogP contribution in [0.5, 0.6) is 5.75 Å². The molecule has 2 nitrogen and oxygen atoms in total. The fourth-order valence-corrected chi connectivity index (χ4v) is 3.93. The zero-order valence-corrected chi connectivity index (χ0v) is 15.0. The standard InChI is InChI=1S/C23H16ClNO/c1-26-18-9-12-19-15(13-18)7-10-21-20-11-8-16(24)14-22(20)25(23(19)21)17-5-3-2-4-6-17/h2-14H,1H3. The van der Waals surface area contributed by atoms with Crippen LogP contribution in [0.4, 0.5) is 0 Å². The van der Waals surface area contributed by atoms with E-state index in [0.717, 1.165) is 27.4 Å². The van der Waals surface area contributed by atoms with Crippen molar-refractivity contribution >= 4 is 44.2 Å². The number of benzene rings is 4. The lowest BCUT2D eigenvalue weighted by Gasteiger charge is -2.10. The number of hydrogen-bond donors (Lipinski definition) is 0. The van der Waals surface area contributed by atoms with E-state index < -0.39 is 0 Å². The summed E-state index contributed by atoms with van der Waals surface area (Å²) in [4.78, 5) is 0. The zero-order valence-electron chi connectivity index (χ0n) is 14.2. The molecule has 0 radical (unpaired) electrons. The maximum absolute atomic E-state index is 6.33. The van der Waals surface area contributed by atoms with Gasteiger partial charge in [-0.2, -0.15) is 0 Å². The van der Waals surface area contributed by atoms with Crippen LogP contribution in [0, 0.1) is 0 Å². The van der Waals surface area contributed by atoms with E-state index in [0.29, 0.717) is 0 Å². The number of nitrogens with zero attached hydrogens (tertiary/aromatic N) is 1. The predicted octanol–water partition coefficient (Wildman–Crippen LogP) is 6.60. The molecule has 3 heteroatoms. The van der Waals surface area contributed by atoms with Crippen LogP contribution in [0.1, 0.15) is 0 Å². The maximum atomic E-state index is 6.33. The summed E-state index contributed by atoms with van der Waals surface area (Å²) in [5.41, 5.74) is 3.42. The Labute approximate surface area is 156 Å². The molecule has 0 aliphatic carbocycles. The lowest BCUT2D eigenvalue weighted by molar-refractivity contribution is 0.415. The molecular formula is C23H16ClNO. The first-order chi connectivity index (χ1) is 12.8. The van der Waals surface area contributed by atoms with Crippen molar-refractivity contribution in [2.75, 3.05) is 7.11 Å². The number of ether oxygens (including phenoxy) is 1. The third kappa shape index (κ3) is 2.19. The second-order valence-electron chi connectivity index (χ2n) is 6.38. The SMILES string of the molecule is COc1ccc2c(ccc3c4ccc(Cl)cc4n(-c4ccccc4)c23)c1. The van der Waals surface area contributed by atoms with Crippen molar-refractivity contribution in [1.82, 2.24) is 4.57 Å². The summed E-state index contributed by atoms with van der Waals surface area (Å²) < 4.78 is 7.70. The topological polar surface area (TPSA) is 14.2 Å². The number of methoxy groups -OCH3 is 1. The van der Waals surface area contributed by atoms with E-state index in [1.165, 1.54) is 21.7 Å². The average molecular weight is 358 g/mol. The molecule has 5 aromatic rings. The quantitative estimate of drug-likeness (QED) is 0.347. The van der Waals surface area contributed by atoms with Crippen LogP contribution < -0.4 is 4.74 Å². The summed E-state index contributed by atoms with van der Waals surface area (Å²) in [6, 6.07) is 27.1. The Morgan fingerprint density at radius 2 is 1.54 bits per heavy atom. The highest BCUT2D eigenvalue weighted by Crippen LogP contribution is 2.38. The number of halogens is 1.